The molecular formula is C12H23NS2. The Hall–Kier alpha value is 0.240. The Bertz CT molecular complexity index is 182. The Morgan fingerprint density at radius 3 is 2.40 bits per heavy atom. The van der Waals surface area contributed by atoms with Crippen LogP contribution in [-0.2, 0) is 0 Å². The molecule has 15 heavy (non-hydrogen) atoms. The maximum absolute atomic E-state index is 5.26. The Balaban J connectivity index is 1.86. The molecule has 0 amide bonds. The van der Waals surface area contributed by atoms with Gasteiger partial charge >= 0.3 is 0 Å². The number of hydrogen-bond acceptors (Lipinski definition) is 2. The molecule has 0 atom stereocenters. The minimum Gasteiger partial charge on any atom is -0.357 e. The molecule has 0 spiro atoms. The van der Waals surface area contributed by atoms with Crippen molar-refractivity contribution >= 4 is 28.3 Å². The van der Waals surface area contributed by atoms with Gasteiger partial charge in [0, 0.05) is 18.8 Å². The molecule has 1 fully saturated rings. The lowest BCUT2D eigenvalue weighted by Crippen LogP contribution is -2.23. The maximum Gasteiger partial charge on any atom is 0.136 e. The molecule has 3 heteroatoms. The van der Waals surface area contributed by atoms with Crippen LogP contribution in [0.5, 0.6) is 0 Å². The van der Waals surface area contributed by atoms with E-state index in [1.165, 1.54) is 63.8 Å². The van der Waals surface area contributed by atoms with E-state index in [2.05, 4.69) is 11.8 Å². The first kappa shape index (κ1) is 13.3. The molecule has 1 nitrogen and oxygen atoms in total. The molecular weight excluding hydrogens is 222 g/mol. The average molecular weight is 245 g/mol. The highest BCUT2D eigenvalue weighted by atomic mass is 32.2. The van der Waals surface area contributed by atoms with E-state index in [0.29, 0.717) is 0 Å². The van der Waals surface area contributed by atoms with E-state index in [0.717, 1.165) is 4.32 Å². The standard InChI is InChI=1S/C12H23NS2/c1-2-3-4-5-6-7-8-9-13-10-11-15-12(13)14/h2-11H2,1H3. The first-order valence-corrected chi connectivity index (χ1v) is 7.65. The minimum absolute atomic E-state index is 1.13. The molecule has 1 aliphatic rings. The fourth-order valence-corrected chi connectivity index (χ4v) is 3.17. The van der Waals surface area contributed by atoms with Crippen molar-refractivity contribution in [2.24, 2.45) is 0 Å². The number of nitrogens with zero attached hydrogens (tertiary/aromatic N) is 1. The summed E-state index contributed by atoms with van der Waals surface area (Å²) in [5.74, 6) is 1.20. The minimum atomic E-state index is 1.13. The molecule has 1 saturated heterocycles. The van der Waals surface area contributed by atoms with E-state index in [4.69, 9.17) is 12.2 Å². The van der Waals surface area contributed by atoms with Crippen LogP contribution >= 0.6 is 24.0 Å². The largest absolute Gasteiger partial charge is 0.357 e. The van der Waals surface area contributed by atoms with Crippen LogP contribution in [0.2, 0.25) is 0 Å². The molecule has 0 radical (unpaired) electrons. The molecule has 1 rings (SSSR count). The highest BCUT2D eigenvalue weighted by Crippen LogP contribution is 2.18. The van der Waals surface area contributed by atoms with Crippen LogP contribution in [0.1, 0.15) is 51.9 Å². The van der Waals surface area contributed by atoms with Crippen molar-refractivity contribution < 1.29 is 0 Å². The zero-order valence-electron chi connectivity index (χ0n) is 9.83. The number of thiocarbonyl (C=S) groups is 1. The third-order valence-corrected chi connectivity index (χ3v) is 4.38. The van der Waals surface area contributed by atoms with E-state index >= 15 is 0 Å². The first-order valence-electron chi connectivity index (χ1n) is 6.26. The Labute approximate surface area is 104 Å². The third-order valence-electron chi connectivity index (χ3n) is 2.88. The molecule has 0 aliphatic carbocycles. The van der Waals surface area contributed by atoms with Crippen LogP contribution in [0.3, 0.4) is 0 Å². The normalized spacial score (nSPS) is 16.3. The molecule has 1 aliphatic heterocycles. The van der Waals surface area contributed by atoms with Crippen LogP contribution in [0, 0.1) is 0 Å². The third kappa shape index (κ3) is 5.76. The zero-order valence-corrected chi connectivity index (χ0v) is 11.5. The van der Waals surface area contributed by atoms with Crippen molar-refractivity contribution in [2.75, 3.05) is 18.8 Å². The molecule has 0 unspecified atom stereocenters. The summed E-state index contributed by atoms with van der Waals surface area (Å²) in [4.78, 5) is 2.37. The molecule has 88 valence electrons. The summed E-state index contributed by atoms with van der Waals surface area (Å²) in [5.41, 5.74) is 0. The number of hydrogen-bond donors (Lipinski definition) is 0. The predicted molar refractivity (Wildman–Crippen MR) is 74.6 cm³/mol. The van der Waals surface area contributed by atoms with Crippen molar-refractivity contribution in [3.63, 3.8) is 0 Å². The summed E-state index contributed by atoms with van der Waals surface area (Å²) in [5, 5.41) is 0. The van der Waals surface area contributed by atoms with Gasteiger partial charge in [-0.15, -0.1) is 0 Å². The van der Waals surface area contributed by atoms with E-state index in [1.54, 1.807) is 0 Å². The smallest absolute Gasteiger partial charge is 0.136 e. The van der Waals surface area contributed by atoms with Gasteiger partial charge in [-0.1, -0.05) is 69.4 Å². The van der Waals surface area contributed by atoms with Crippen LogP contribution < -0.4 is 0 Å². The van der Waals surface area contributed by atoms with Gasteiger partial charge in [-0.3, -0.25) is 0 Å². The zero-order chi connectivity index (χ0) is 10.9. The van der Waals surface area contributed by atoms with Crippen molar-refractivity contribution in [1.82, 2.24) is 4.90 Å². The van der Waals surface area contributed by atoms with Gasteiger partial charge < -0.3 is 4.90 Å². The lowest BCUT2D eigenvalue weighted by atomic mass is 10.1. The van der Waals surface area contributed by atoms with Gasteiger partial charge in [-0.05, 0) is 6.42 Å². The topological polar surface area (TPSA) is 3.24 Å². The van der Waals surface area contributed by atoms with Gasteiger partial charge in [-0.25, -0.2) is 0 Å². The quantitative estimate of drug-likeness (QED) is 0.469. The number of rotatable bonds is 8. The fourth-order valence-electron chi connectivity index (χ4n) is 1.89. The molecule has 0 aromatic carbocycles. The molecule has 0 bridgehead atoms. The lowest BCUT2D eigenvalue weighted by molar-refractivity contribution is 0.439. The van der Waals surface area contributed by atoms with Crippen molar-refractivity contribution in [3.05, 3.63) is 0 Å². The van der Waals surface area contributed by atoms with Crippen molar-refractivity contribution in [3.8, 4) is 0 Å². The SMILES string of the molecule is CCCCCCCCCN1CCSC1=S. The maximum atomic E-state index is 5.26. The first-order chi connectivity index (χ1) is 7.34. The second-order valence-electron chi connectivity index (χ2n) is 4.22. The van der Waals surface area contributed by atoms with Gasteiger partial charge in [0.2, 0.25) is 0 Å². The number of unbranched alkanes of at least 4 members (excludes halogenated alkanes) is 6. The average Bonchev–Trinajstić information content (AvgIpc) is 2.63. The number of thioether (sulfide) groups is 1. The summed E-state index contributed by atoms with van der Waals surface area (Å²) in [7, 11) is 0. The fraction of sp³-hybridized carbons (Fsp3) is 0.917. The highest BCUT2D eigenvalue weighted by molar-refractivity contribution is 8.23. The van der Waals surface area contributed by atoms with Gasteiger partial charge in [0.1, 0.15) is 4.32 Å². The van der Waals surface area contributed by atoms with E-state index in [9.17, 15) is 0 Å². The summed E-state index contributed by atoms with van der Waals surface area (Å²) in [6.45, 7) is 4.64. The van der Waals surface area contributed by atoms with Crippen LogP contribution in [0.25, 0.3) is 0 Å². The molecule has 0 saturated carbocycles. The second kappa shape index (κ2) is 8.40. The molecule has 0 aromatic rings. The summed E-state index contributed by atoms with van der Waals surface area (Å²) in [6, 6.07) is 0. The summed E-state index contributed by atoms with van der Waals surface area (Å²) in [6.07, 6.45) is 9.72. The van der Waals surface area contributed by atoms with Gasteiger partial charge in [0.25, 0.3) is 0 Å². The second-order valence-corrected chi connectivity index (χ2v) is 5.95. The lowest BCUT2D eigenvalue weighted by Gasteiger charge is -2.16. The van der Waals surface area contributed by atoms with Gasteiger partial charge in [-0.2, -0.15) is 0 Å². The van der Waals surface area contributed by atoms with Crippen molar-refractivity contribution in [1.29, 1.82) is 0 Å². The monoisotopic (exact) mass is 245 g/mol. The predicted octanol–water partition coefficient (Wildman–Crippen LogP) is 4.07. The van der Waals surface area contributed by atoms with Gasteiger partial charge in [0.15, 0.2) is 0 Å². The van der Waals surface area contributed by atoms with E-state index < -0.39 is 0 Å². The molecule has 0 aromatic heterocycles. The van der Waals surface area contributed by atoms with Crippen LogP contribution in [-0.4, -0.2) is 28.1 Å². The molecule has 0 N–H and O–H groups in total. The van der Waals surface area contributed by atoms with E-state index in [-0.39, 0.29) is 0 Å². The van der Waals surface area contributed by atoms with Crippen molar-refractivity contribution in [2.45, 2.75) is 51.9 Å². The van der Waals surface area contributed by atoms with E-state index in [1.807, 2.05) is 11.8 Å². The Kier molecular flexibility index (Phi) is 7.45. The summed E-state index contributed by atoms with van der Waals surface area (Å²) < 4.78 is 1.13. The summed E-state index contributed by atoms with van der Waals surface area (Å²) >= 11 is 7.10. The highest BCUT2D eigenvalue weighted by Gasteiger charge is 2.15. The van der Waals surface area contributed by atoms with Gasteiger partial charge in [0.05, 0.1) is 0 Å². The van der Waals surface area contributed by atoms with Crippen LogP contribution in [0.15, 0.2) is 0 Å². The Morgan fingerprint density at radius 2 is 1.80 bits per heavy atom. The molecule has 1 heterocycles. The van der Waals surface area contributed by atoms with Crippen LogP contribution in [0.4, 0.5) is 0 Å². The Morgan fingerprint density at radius 1 is 1.13 bits per heavy atom.